The van der Waals surface area contributed by atoms with Crippen LogP contribution >= 0.6 is 0 Å². The monoisotopic (exact) mass is 440 g/mol. The van der Waals surface area contributed by atoms with Crippen molar-refractivity contribution >= 4 is 6.29 Å². The van der Waals surface area contributed by atoms with E-state index in [4.69, 9.17) is 0 Å². The van der Waals surface area contributed by atoms with Crippen LogP contribution in [0.15, 0.2) is 12.2 Å². The molecule has 5 aliphatic carbocycles. The normalized spacial score (nSPS) is 56.3. The zero-order valence-electron chi connectivity index (χ0n) is 21.7. The fraction of sp³-hybridized carbons (Fsp3) is 0.900. The summed E-state index contributed by atoms with van der Waals surface area (Å²) >= 11 is 0. The van der Waals surface area contributed by atoms with Crippen LogP contribution in [0.25, 0.3) is 0 Å². The summed E-state index contributed by atoms with van der Waals surface area (Å²) in [6.07, 6.45) is 13.1. The second kappa shape index (κ2) is 6.96. The molecule has 180 valence electrons. The van der Waals surface area contributed by atoms with E-state index in [-0.39, 0.29) is 16.9 Å². The summed E-state index contributed by atoms with van der Waals surface area (Å²) < 4.78 is 0. The van der Waals surface area contributed by atoms with Crippen LogP contribution in [0.1, 0.15) is 106 Å². The first-order valence-corrected chi connectivity index (χ1v) is 13.7. The van der Waals surface area contributed by atoms with E-state index in [9.17, 15) is 9.90 Å². The molecule has 5 fully saturated rings. The van der Waals surface area contributed by atoms with Gasteiger partial charge in [0.2, 0.25) is 0 Å². The van der Waals surface area contributed by atoms with Gasteiger partial charge in [-0.1, -0.05) is 46.8 Å². The third-order valence-electron chi connectivity index (χ3n) is 13.3. The summed E-state index contributed by atoms with van der Waals surface area (Å²) in [5.74, 6) is 3.03. The highest BCUT2D eigenvalue weighted by molar-refractivity contribution is 5.62. The Balaban J connectivity index is 1.56. The third kappa shape index (κ3) is 2.60. The number of aliphatic hydroxyl groups excluding tert-OH is 1. The lowest BCUT2D eigenvalue weighted by molar-refractivity contribution is -0.245. The number of rotatable bonds is 2. The first kappa shape index (κ1) is 23.1. The molecule has 0 aliphatic heterocycles. The first-order chi connectivity index (χ1) is 14.9. The second-order valence-corrected chi connectivity index (χ2v) is 14.4. The van der Waals surface area contributed by atoms with Crippen molar-refractivity contribution in [3.63, 3.8) is 0 Å². The van der Waals surface area contributed by atoms with Crippen LogP contribution < -0.4 is 0 Å². The van der Waals surface area contributed by atoms with Gasteiger partial charge in [0.1, 0.15) is 6.29 Å². The lowest BCUT2D eigenvalue weighted by atomic mass is 9.32. The van der Waals surface area contributed by atoms with Crippen LogP contribution in [0.3, 0.4) is 0 Å². The Morgan fingerprint density at radius 2 is 1.56 bits per heavy atom. The molecule has 10 atom stereocenters. The number of fused-ring (bicyclic) bond motifs is 7. The molecule has 0 aromatic rings. The van der Waals surface area contributed by atoms with E-state index >= 15 is 0 Å². The largest absolute Gasteiger partial charge is 0.393 e. The molecule has 1 N–H and O–H groups in total. The molecular formula is C30H48O2. The fourth-order valence-electron chi connectivity index (χ4n) is 11.4. The molecule has 2 nitrogen and oxygen atoms in total. The Hall–Kier alpha value is -0.630. The van der Waals surface area contributed by atoms with Crippen molar-refractivity contribution in [2.75, 3.05) is 0 Å². The van der Waals surface area contributed by atoms with Crippen LogP contribution in [-0.4, -0.2) is 17.5 Å². The van der Waals surface area contributed by atoms with E-state index in [2.05, 4.69) is 48.1 Å². The van der Waals surface area contributed by atoms with E-state index < -0.39 is 0 Å². The lowest BCUT2D eigenvalue weighted by Gasteiger charge is -2.72. The van der Waals surface area contributed by atoms with Crippen molar-refractivity contribution in [2.45, 2.75) is 112 Å². The summed E-state index contributed by atoms with van der Waals surface area (Å²) in [6, 6.07) is 0. The SMILES string of the molecule is C=C(C)[C@@H]1CC[C@]2(C=O)CC[C@]3(C)[C@H](CCC4[C@@]5(C)CC[C@H](O)C(C)(C)C5CC[C@]43C)C12. The Bertz CT molecular complexity index is 814. The number of aliphatic hydroxyl groups is 1. The van der Waals surface area contributed by atoms with Gasteiger partial charge in [-0.15, -0.1) is 0 Å². The van der Waals surface area contributed by atoms with Gasteiger partial charge in [-0.3, -0.25) is 0 Å². The van der Waals surface area contributed by atoms with Crippen LogP contribution in [0.2, 0.25) is 0 Å². The van der Waals surface area contributed by atoms with Gasteiger partial charge in [-0.05, 0) is 122 Å². The zero-order valence-corrected chi connectivity index (χ0v) is 21.7. The predicted octanol–water partition coefficient (Wildman–Crippen LogP) is 7.20. The topological polar surface area (TPSA) is 37.3 Å². The predicted molar refractivity (Wildman–Crippen MR) is 131 cm³/mol. The van der Waals surface area contributed by atoms with Crippen LogP contribution in [-0.2, 0) is 4.79 Å². The molecule has 0 bridgehead atoms. The van der Waals surface area contributed by atoms with E-state index in [0.29, 0.717) is 39.9 Å². The molecule has 5 saturated carbocycles. The number of allylic oxidation sites excluding steroid dienone is 1. The number of aldehydes is 1. The molecule has 3 unspecified atom stereocenters. The number of hydrogen-bond acceptors (Lipinski definition) is 2. The number of hydrogen-bond donors (Lipinski definition) is 1. The minimum atomic E-state index is -0.158. The Morgan fingerprint density at radius 1 is 0.844 bits per heavy atom. The summed E-state index contributed by atoms with van der Waals surface area (Å²) in [5, 5.41) is 10.9. The van der Waals surface area contributed by atoms with E-state index in [1.54, 1.807) is 0 Å². The van der Waals surface area contributed by atoms with Crippen molar-refractivity contribution in [3.8, 4) is 0 Å². The highest BCUT2D eigenvalue weighted by Gasteiger charge is 2.70. The standard InChI is InChI=1S/C30H48O2/c1-19(2)20-10-15-30(18-31)17-16-28(6)21(25(20)30)8-9-23-27(5)13-12-24(32)26(3,4)22(27)11-14-29(23,28)7/h18,20-25,32H,1,8-17H2,2-7H3/t20-,21+,22?,23?,24-,25?,27-,28+,29+,30+/m0/s1. The van der Waals surface area contributed by atoms with Gasteiger partial charge in [-0.2, -0.15) is 0 Å². The first-order valence-electron chi connectivity index (χ1n) is 13.7. The summed E-state index contributed by atoms with van der Waals surface area (Å²) in [7, 11) is 0. The van der Waals surface area contributed by atoms with E-state index in [0.717, 1.165) is 31.6 Å². The average molecular weight is 441 g/mol. The number of carbonyl (C=O) groups excluding carboxylic acids is 1. The third-order valence-corrected chi connectivity index (χ3v) is 13.3. The van der Waals surface area contributed by atoms with Gasteiger partial charge in [-0.25, -0.2) is 0 Å². The van der Waals surface area contributed by atoms with Crippen molar-refractivity contribution < 1.29 is 9.90 Å². The molecule has 0 amide bonds. The molecular weight excluding hydrogens is 392 g/mol. The van der Waals surface area contributed by atoms with Gasteiger partial charge < -0.3 is 9.90 Å². The molecule has 32 heavy (non-hydrogen) atoms. The van der Waals surface area contributed by atoms with Crippen molar-refractivity contribution in [1.29, 1.82) is 0 Å². The molecule has 0 spiro atoms. The highest BCUT2D eigenvalue weighted by Crippen LogP contribution is 2.77. The van der Waals surface area contributed by atoms with Gasteiger partial charge in [0.15, 0.2) is 0 Å². The van der Waals surface area contributed by atoms with Gasteiger partial charge in [0, 0.05) is 5.41 Å². The highest BCUT2D eigenvalue weighted by atomic mass is 16.3. The van der Waals surface area contributed by atoms with E-state index in [1.807, 2.05) is 0 Å². The molecule has 0 aromatic heterocycles. The molecule has 5 rings (SSSR count). The zero-order chi connectivity index (χ0) is 23.3. The maximum Gasteiger partial charge on any atom is 0.126 e. The Labute approximate surface area is 197 Å². The van der Waals surface area contributed by atoms with Gasteiger partial charge in [0.25, 0.3) is 0 Å². The summed E-state index contributed by atoms with van der Waals surface area (Å²) in [6.45, 7) is 19.2. The Morgan fingerprint density at radius 3 is 2.22 bits per heavy atom. The molecule has 0 aromatic carbocycles. The maximum absolute atomic E-state index is 12.6. The molecule has 2 heteroatoms. The maximum atomic E-state index is 12.6. The molecule has 0 heterocycles. The lowest BCUT2D eigenvalue weighted by Crippen LogP contribution is -2.66. The van der Waals surface area contributed by atoms with Crippen LogP contribution in [0, 0.1) is 56.7 Å². The van der Waals surface area contributed by atoms with E-state index in [1.165, 1.54) is 50.4 Å². The van der Waals surface area contributed by atoms with Crippen molar-refractivity contribution in [2.24, 2.45) is 56.7 Å². The second-order valence-electron chi connectivity index (χ2n) is 14.4. The molecule has 0 radical (unpaired) electrons. The minimum Gasteiger partial charge on any atom is -0.393 e. The Kier molecular flexibility index (Phi) is 5.03. The quantitative estimate of drug-likeness (QED) is 0.364. The minimum absolute atomic E-state index is 0.0157. The molecule has 0 saturated heterocycles. The average Bonchev–Trinajstić information content (AvgIpc) is 3.12. The summed E-state index contributed by atoms with van der Waals surface area (Å²) in [5.41, 5.74) is 2.20. The van der Waals surface area contributed by atoms with Crippen LogP contribution in [0.5, 0.6) is 0 Å². The van der Waals surface area contributed by atoms with Gasteiger partial charge in [0.05, 0.1) is 6.10 Å². The van der Waals surface area contributed by atoms with Crippen molar-refractivity contribution in [3.05, 3.63) is 12.2 Å². The van der Waals surface area contributed by atoms with Crippen LogP contribution in [0.4, 0.5) is 0 Å². The van der Waals surface area contributed by atoms with Crippen molar-refractivity contribution in [1.82, 2.24) is 0 Å². The summed E-state index contributed by atoms with van der Waals surface area (Å²) in [4.78, 5) is 12.6. The fourth-order valence-corrected chi connectivity index (χ4v) is 11.4. The molecule has 5 aliphatic rings. The number of carbonyl (C=O) groups is 1. The van der Waals surface area contributed by atoms with Gasteiger partial charge >= 0.3 is 0 Å². The smallest absolute Gasteiger partial charge is 0.126 e.